The zero-order chi connectivity index (χ0) is 11.1. The van der Waals surface area contributed by atoms with Crippen LogP contribution in [-0.2, 0) is 4.74 Å². The monoisotopic (exact) mass is 342 g/mol. The summed E-state index contributed by atoms with van der Waals surface area (Å²) in [4.78, 5) is 6.43. The number of likely N-dealkylation sites (N-methyl/N-ethyl adjacent to an activating group) is 1. The summed E-state index contributed by atoms with van der Waals surface area (Å²) in [5, 5.41) is 3.16. The molecule has 0 atom stereocenters. The lowest BCUT2D eigenvalue weighted by Gasteiger charge is -2.14. The first-order valence-electron chi connectivity index (χ1n) is 5.46. The Morgan fingerprint density at radius 2 is 2.19 bits per heavy atom. The number of guanidine groups is 1. The van der Waals surface area contributed by atoms with Crippen molar-refractivity contribution < 1.29 is 4.74 Å². The zero-order valence-corrected chi connectivity index (χ0v) is 12.4. The summed E-state index contributed by atoms with van der Waals surface area (Å²) < 4.78 is 4.99. The van der Waals surface area contributed by atoms with E-state index in [4.69, 9.17) is 10.5 Å². The first kappa shape index (κ1) is 15.9. The molecule has 0 spiro atoms. The molecule has 0 amide bonds. The van der Waals surface area contributed by atoms with Crippen LogP contribution in [0.4, 0.5) is 0 Å². The van der Waals surface area contributed by atoms with Crippen LogP contribution in [0.5, 0.6) is 0 Å². The minimum atomic E-state index is 0. The molecule has 0 heterocycles. The molecule has 3 N–H and O–H groups in total. The zero-order valence-electron chi connectivity index (χ0n) is 10.1. The van der Waals surface area contributed by atoms with E-state index in [2.05, 4.69) is 22.3 Å². The largest absolute Gasteiger partial charge is 0.383 e. The van der Waals surface area contributed by atoms with Gasteiger partial charge >= 0.3 is 0 Å². The van der Waals surface area contributed by atoms with Gasteiger partial charge in [0.25, 0.3) is 0 Å². The van der Waals surface area contributed by atoms with E-state index in [1.807, 2.05) is 0 Å². The molecule has 1 saturated carbocycles. The molecule has 0 aromatic carbocycles. The summed E-state index contributed by atoms with van der Waals surface area (Å²) in [6, 6.07) is 0.583. The van der Waals surface area contributed by atoms with Crippen molar-refractivity contribution in [2.24, 2.45) is 10.7 Å². The van der Waals surface area contributed by atoms with Gasteiger partial charge in [0.15, 0.2) is 5.96 Å². The lowest BCUT2D eigenvalue weighted by Crippen LogP contribution is -2.34. The molecular weight excluding hydrogens is 319 g/mol. The van der Waals surface area contributed by atoms with Crippen LogP contribution in [0.25, 0.3) is 0 Å². The third-order valence-corrected chi connectivity index (χ3v) is 2.37. The van der Waals surface area contributed by atoms with Gasteiger partial charge in [-0.25, -0.2) is 0 Å². The van der Waals surface area contributed by atoms with Crippen molar-refractivity contribution in [1.29, 1.82) is 0 Å². The molecular formula is C10H23IN4O. The Balaban J connectivity index is 0.00000225. The number of nitrogens with zero attached hydrogens (tertiary/aromatic N) is 2. The molecule has 0 unspecified atom stereocenters. The maximum atomic E-state index is 5.70. The van der Waals surface area contributed by atoms with Gasteiger partial charge < -0.3 is 20.7 Å². The van der Waals surface area contributed by atoms with Crippen molar-refractivity contribution in [2.45, 2.75) is 18.9 Å². The Labute approximate surface area is 115 Å². The van der Waals surface area contributed by atoms with E-state index in [9.17, 15) is 0 Å². The van der Waals surface area contributed by atoms with Crippen molar-refractivity contribution >= 4 is 29.9 Å². The van der Waals surface area contributed by atoms with Crippen LogP contribution in [0.3, 0.4) is 0 Å². The molecule has 0 bridgehead atoms. The Morgan fingerprint density at radius 1 is 1.50 bits per heavy atom. The minimum absolute atomic E-state index is 0. The van der Waals surface area contributed by atoms with E-state index in [1.54, 1.807) is 7.11 Å². The molecule has 0 aromatic rings. The maximum absolute atomic E-state index is 5.70. The lowest BCUT2D eigenvalue weighted by atomic mass is 10.5. The smallest absolute Gasteiger partial charge is 0.188 e. The number of methoxy groups -OCH3 is 1. The first-order valence-corrected chi connectivity index (χ1v) is 5.46. The number of halogens is 1. The van der Waals surface area contributed by atoms with Crippen molar-refractivity contribution in [1.82, 2.24) is 10.2 Å². The molecule has 0 saturated heterocycles. The van der Waals surface area contributed by atoms with Gasteiger partial charge in [-0.15, -0.1) is 24.0 Å². The highest BCUT2D eigenvalue weighted by molar-refractivity contribution is 14.0. The van der Waals surface area contributed by atoms with Gasteiger partial charge in [-0.2, -0.15) is 0 Å². The number of rotatable bonds is 7. The van der Waals surface area contributed by atoms with Crippen LogP contribution >= 0.6 is 24.0 Å². The van der Waals surface area contributed by atoms with E-state index in [0.29, 0.717) is 12.0 Å². The summed E-state index contributed by atoms with van der Waals surface area (Å²) in [5.41, 5.74) is 5.70. The van der Waals surface area contributed by atoms with E-state index < -0.39 is 0 Å². The van der Waals surface area contributed by atoms with Gasteiger partial charge in [-0.05, 0) is 19.9 Å². The molecule has 0 radical (unpaired) electrons. The van der Waals surface area contributed by atoms with Crippen LogP contribution in [0.1, 0.15) is 12.8 Å². The quantitative estimate of drug-likeness (QED) is 0.396. The Kier molecular flexibility index (Phi) is 8.96. The van der Waals surface area contributed by atoms with Crippen LogP contribution < -0.4 is 11.1 Å². The molecule has 1 aliphatic carbocycles. The molecule has 5 nitrogen and oxygen atoms in total. The second kappa shape index (κ2) is 9.00. The Hall–Kier alpha value is -0.0800. The second-order valence-electron chi connectivity index (χ2n) is 3.98. The fourth-order valence-corrected chi connectivity index (χ4v) is 1.18. The highest BCUT2D eigenvalue weighted by Gasteiger charge is 2.21. The normalized spacial score (nSPS) is 16.1. The van der Waals surface area contributed by atoms with Crippen molar-refractivity contribution in [3.63, 3.8) is 0 Å². The van der Waals surface area contributed by atoms with Gasteiger partial charge in [0.1, 0.15) is 0 Å². The average molecular weight is 342 g/mol. The van der Waals surface area contributed by atoms with Crippen molar-refractivity contribution in [3.05, 3.63) is 0 Å². The van der Waals surface area contributed by atoms with Crippen molar-refractivity contribution in [3.8, 4) is 0 Å². The number of ether oxygens (including phenoxy) is 1. The number of aliphatic imine (C=N–C) groups is 1. The summed E-state index contributed by atoms with van der Waals surface area (Å²) in [6.07, 6.45) is 2.45. The molecule has 16 heavy (non-hydrogen) atoms. The van der Waals surface area contributed by atoms with E-state index >= 15 is 0 Å². The second-order valence-corrected chi connectivity index (χ2v) is 3.98. The van der Waals surface area contributed by atoms with Crippen LogP contribution in [0.2, 0.25) is 0 Å². The predicted octanol–water partition coefficient (Wildman–Crippen LogP) is 0.249. The van der Waals surface area contributed by atoms with Gasteiger partial charge in [-0.1, -0.05) is 0 Å². The van der Waals surface area contributed by atoms with Crippen molar-refractivity contribution in [2.75, 3.05) is 40.4 Å². The highest BCUT2D eigenvalue weighted by atomic mass is 127. The summed E-state index contributed by atoms with van der Waals surface area (Å²) in [7, 11) is 3.77. The van der Waals surface area contributed by atoms with E-state index in [-0.39, 0.29) is 24.0 Å². The Morgan fingerprint density at radius 3 is 2.75 bits per heavy atom. The summed E-state index contributed by atoms with van der Waals surface area (Å²) >= 11 is 0. The van der Waals surface area contributed by atoms with Gasteiger partial charge in [0.2, 0.25) is 0 Å². The molecule has 1 aliphatic rings. The minimum Gasteiger partial charge on any atom is -0.383 e. The fourth-order valence-electron chi connectivity index (χ4n) is 1.18. The summed E-state index contributed by atoms with van der Waals surface area (Å²) in [6.45, 7) is 3.35. The molecule has 0 aliphatic heterocycles. The third-order valence-electron chi connectivity index (χ3n) is 2.37. The van der Waals surface area contributed by atoms with Crippen LogP contribution in [0, 0.1) is 0 Å². The number of hydrogen-bond donors (Lipinski definition) is 2. The average Bonchev–Trinajstić information content (AvgIpc) is 2.98. The molecule has 1 fully saturated rings. The highest BCUT2D eigenvalue weighted by Crippen LogP contribution is 2.17. The predicted molar refractivity (Wildman–Crippen MR) is 77.4 cm³/mol. The van der Waals surface area contributed by atoms with Crippen LogP contribution in [-0.4, -0.2) is 57.3 Å². The van der Waals surface area contributed by atoms with E-state index in [0.717, 1.165) is 26.2 Å². The summed E-state index contributed by atoms with van der Waals surface area (Å²) in [5.74, 6) is 0.581. The first-order chi connectivity index (χ1) is 7.22. The topological polar surface area (TPSA) is 62.9 Å². The standard InChI is InChI=1S/C10H22N4O.HI/c1-14(7-8-15-2)6-5-12-10(11)13-9-3-4-9;/h9H,3-8H2,1-2H3,(H3,11,12,13);1H. The molecule has 0 aromatic heterocycles. The van der Waals surface area contributed by atoms with Crippen LogP contribution in [0.15, 0.2) is 4.99 Å². The van der Waals surface area contributed by atoms with Gasteiger partial charge in [0.05, 0.1) is 13.2 Å². The SMILES string of the molecule is COCCN(C)CCN=C(N)NC1CC1.I. The molecule has 1 rings (SSSR count). The van der Waals surface area contributed by atoms with Gasteiger partial charge in [0, 0.05) is 26.2 Å². The fraction of sp³-hybridized carbons (Fsp3) is 0.900. The Bertz CT molecular complexity index is 209. The van der Waals surface area contributed by atoms with E-state index in [1.165, 1.54) is 12.8 Å². The number of hydrogen-bond acceptors (Lipinski definition) is 3. The number of nitrogens with two attached hydrogens (primary N) is 1. The third kappa shape index (κ3) is 8.12. The molecule has 96 valence electrons. The lowest BCUT2D eigenvalue weighted by molar-refractivity contribution is 0.163. The maximum Gasteiger partial charge on any atom is 0.188 e. The van der Waals surface area contributed by atoms with Gasteiger partial charge in [-0.3, -0.25) is 4.99 Å². The number of nitrogens with one attached hydrogen (secondary N) is 1. The molecule has 6 heteroatoms.